The van der Waals surface area contributed by atoms with E-state index in [1.165, 1.54) is 23.3 Å². The molecular weight excluding hydrogens is 583 g/mol. The molecule has 40 heavy (non-hydrogen) atoms. The predicted molar refractivity (Wildman–Crippen MR) is 152 cm³/mol. The lowest BCUT2D eigenvalue weighted by Crippen LogP contribution is -2.20. The average molecular weight is 619 g/mol. The minimum atomic E-state index is -4.15. The molecule has 13 nitrogen and oxygen atoms in total. The normalized spacial score (nSPS) is 18.1. The highest BCUT2D eigenvalue weighted by atomic mass is 32.2. The Balaban J connectivity index is 1.61. The Bertz CT molecular complexity index is 1310. The molecule has 2 aromatic heterocycles. The molecule has 2 N–H and O–H groups in total. The van der Waals surface area contributed by atoms with Gasteiger partial charge in [0.05, 0.1) is 19.5 Å². The van der Waals surface area contributed by atoms with E-state index < -0.39 is 36.5 Å². The van der Waals surface area contributed by atoms with Gasteiger partial charge >= 0.3 is 7.82 Å². The van der Waals surface area contributed by atoms with Gasteiger partial charge in [0.1, 0.15) is 24.8 Å². The van der Waals surface area contributed by atoms with Crippen molar-refractivity contribution in [3.63, 3.8) is 0 Å². The number of nitrogens with zero attached hydrogens (tertiary/aromatic N) is 3. The third kappa shape index (κ3) is 8.75. The van der Waals surface area contributed by atoms with Gasteiger partial charge in [0, 0.05) is 22.3 Å². The van der Waals surface area contributed by atoms with Crippen molar-refractivity contribution < 1.29 is 37.6 Å². The Labute approximate surface area is 240 Å². The van der Waals surface area contributed by atoms with E-state index in [1.807, 2.05) is 0 Å². The van der Waals surface area contributed by atoms with Crippen molar-refractivity contribution in [1.29, 1.82) is 0 Å². The maximum absolute atomic E-state index is 13.4. The van der Waals surface area contributed by atoms with Gasteiger partial charge in [0.25, 0.3) is 5.56 Å². The second-order valence-electron chi connectivity index (χ2n) is 10.8. The standard InChI is InChI=1S/C24H35N4O9PS2/c1-23(2,3)21(31)39-9-7-34-38(33,35-8-10-40-22(32)24(4,5)6)36-12-15-11-16(29)20(37-15)28-14-27-17-18(28)25-13-26-19(17)30/h11,13-14,16,20,29H,7-10,12H2,1-6H3,(H,25,26,30)/t16?,20-/m1/s1. The van der Waals surface area contributed by atoms with Gasteiger partial charge in [-0.2, -0.15) is 0 Å². The summed E-state index contributed by atoms with van der Waals surface area (Å²) in [5.41, 5.74) is -1.21. The van der Waals surface area contributed by atoms with Gasteiger partial charge in [0.15, 0.2) is 21.4 Å². The van der Waals surface area contributed by atoms with Crippen LogP contribution in [0, 0.1) is 10.8 Å². The van der Waals surface area contributed by atoms with Crippen molar-refractivity contribution in [3.8, 4) is 0 Å². The topological polar surface area (TPSA) is 172 Å². The number of rotatable bonds is 12. The number of nitrogens with one attached hydrogen (secondary N) is 1. The largest absolute Gasteiger partial charge is 0.475 e. The molecule has 1 aliphatic heterocycles. The molecule has 2 aromatic rings. The fourth-order valence-electron chi connectivity index (χ4n) is 3.14. The quantitative estimate of drug-likeness (QED) is 0.261. The molecule has 16 heteroatoms. The average Bonchev–Trinajstić information content (AvgIpc) is 3.45. The van der Waals surface area contributed by atoms with E-state index in [1.54, 1.807) is 41.5 Å². The van der Waals surface area contributed by atoms with Crippen molar-refractivity contribution >= 4 is 52.7 Å². The second-order valence-corrected chi connectivity index (χ2v) is 14.7. The fourth-order valence-corrected chi connectivity index (χ4v) is 6.10. The summed E-state index contributed by atoms with van der Waals surface area (Å²) in [7, 11) is -4.15. The van der Waals surface area contributed by atoms with Crippen LogP contribution < -0.4 is 5.56 Å². The lowest BCUT2D eigenvalue weighted by Gasteiger charge is -2.21. The smallest absolute Gasteiger partial charge is 0.469 e. The monoisotopic (exact) mass is 618 g/mol. The van der Waals surface area contributed by atoms with Crippen LogP contribution in [-0.4, -0.2) is 72.3 Å². The van der Waals surface area contributed by atoms with Crippen LogP contribution in [0.1, 0.15) is 47.8 Å². The van der Waals surface area contributed by atoms with Gasteiger partial charge in [0.2, 0.25) is 6.23 Å². The van der Waals surface area contributed by atoms with Crippen LogP contribution in [0.25, 0.3) is 11.2 Å². The van der Waals surface area contributed by atoms with E-state index in [0.717, 1.165) is 23.5 Å². The molecule has 222 valence electrons. The summed E-state index contributed by atoms with van der Waals surface area (Å²) in [5.74, 6) is 0.597. The summed E-state index contributed by atoms with van der Waals surface area (Å²) >= 11 is 2.10. The molecule has 0 amide bonds. The SMILES string of the molecule is CC(C)(C)C(=O)SCCOP(=O)(OCCSC(=O)C(C)(C)C)OCC1=CC(O)[C@H](n2cnc3c(=O)[nH]cnc32)O1. The summed E-state index contributed by atoms with van der Waals surface area (Å²) in [6.07, 6.45) is 1.77. The first kappa shape index (κ1) is 32.5. The Morgan fingerprint density at radius 3 is 2.17 bits per heavy atom. The number of hydrogen-bond acceptors (Lipinski definition) is 13. The summed E-state index contributed by atoms with van der Waals surface area (Å²) in [6, 6.07) is 0. The van der Waals surface area contributed by atoms with Crippen molar-refractivity contribution in [2.24, 2.45) is 10.8 Å². The van der Waals surface area contributed by atoms with Gasteiger partial charge in [-0.1, -0.05) is 65.1 Å². The number of thioether (sulfide) groups is 2. The number of phosphoric acid groups is 1. The number of aromatic nitrogens is 4. The minimum absolute atomic E-state index is 0.0436. The van der Waals surface area contributed by atoms with Crippen molar-refractivity contribution in [3.05, 3.63) is 34.8 Å². The van der Waals surface area contributed by atoms with Gasteiger partial charge in [-0.15, -0.1) is 0 Å². The van der Waals surface area contributed by atoms with E-state index in [4.69, 9.17) is 18.3 Å². The number of H-pyrrole nitrogens is 1. The van der Waals surface area contributed by atoms with E-state index in [2.05, 4.69) is 15.0 Å². The first-order valence-corrected chi connectivity index (χ1v) is 15.9. The fraction of sp³-hybridized carbons (Fsp3) is 0.625. The zero-order valence-corrected chi connectivity index (χ0v) is 25.8. The Morgan fingerprint density at radius 1 is 1.05 bits per heavy atom. The van der Waals surface area contributed by atoms with Crippen LogP contribution in [0.3, 0.4) is 0 Å². The molecule has 2 atom stereocenters. The number of phosphoric ester groups is 1. The molecule has 0 bridgehead atoms. The number of hydrogen-bond donors (Lipinski definition) is 2. The number of carbonyl (C=O) groups excluding carboxylic acids is 2. The van der Waals surface area contributed by atoms with Crippen molar-refractivity contribution in [1.82, 2.24) is 19.5 Å². The lowest BCUT2D eigenvalue weighted by molar-refractivity contribution is -0.118. The minimum Gasteiger partial charge on any atom is -0.469 e. The Hall–Kier alpha value is -2.00. The number of aliphatic hydroxyl groups excluding tert-OH is 1. The Kier molecular flexibility index (Phi) is 10.8. The molecule has 0 aromatic carbocycles. The molecule has 3 rings (SSSR count). The van der Waals surface area contributed by atoms with Crippen LogP contribution in [0.15, 0.2) is 29.3 Å². The van der Waals surface area contributed by atoms with Gasteiger partial charge in [-0.25, -0.2) is 14.5 Å². The number of fused-ring (bicyclic) bond motifs is 1. The zero-order valence-electron chi connectivity index (χ0n) is 23.2. The van der Waals surface area contributed by atoms with Crippen molar-refractivity contribution in [2.45, 2.75) is 53.9 Å². The van der Waals surface area contributed by atoms with Crippen molar-refractivity contribution in [2.75, 3.05) is 31.3 Å². The number of aromatic amines is 1. The van der Waals surface area contributed by atoms with Crippen LogP contribution >= 0.6 is 31.3 Å². The van der Waals surface area contributed by atoms with E-state index in [9.17, 15) is 24.1 Å². The molecule has 0 aliphatic carbocycles. The highest BCUT2D eigenvalue weighted by Crippen LogP contribution is 2.50. The van der Waals surface area contributed by atoms with E-state index in [0.29, 0.717) is 0 Å². The number of ether oxygens (including phenoxy) is 1. The predicted octanol–water partition coefficient (Wildman–Crippen LogP) is 3.66. The molecule has 0 spiro atoms. The maximum Gasteiger partial charge on any atom is 0.475 e. The molecule has 3 heterocycles. The van der Waals surface area contributed by atoms with Crippen LogP contribution in [-0.2, 0) is 32.5 Å². The lowest BCUT2D eigenvalue weighted by atomic mass is 9.99. The first-order valence-electron chi connectivity index (χ1n) is 12.4. The molecule has 1 unspecified atom stereocenters. The summed E-state index contributed by atoms with van der Waals surface area (Å²) in [4.78, 5) is 46.8. The molecule has 0 saturated carbocycles. The molecule has 1 aliphatic rings. The van der Waals surface area contributed by atoms with Crippen LogP contribution in [0.4, 0.5) is 0 Å². The molecule has 0 fully saturated rings. The molecule has 0 saturated heterocycles. The number of imidazole rings is 1. The van der Waals surface area contributed by atoms with E-state index >= 15 is 0 Å². The summed E-state index contributed by atoms with van der Waals surface area (Å²) in [5, 5.41) is 10.5. The summed E-state index contributed by atoms with van der Waals surface area (Å²) in [6.45, 7) is 10.2. The maximum atomic E-state index is 13.4. The third-order valence-electron chi connectivity index (χ3n) is 5.28. The number of aliphatic hydroxyl groups is 1. The highest BCUT2D eigenvalue weighted by Gasteiger charge is 2.34. The van der Waals surface area contributed by atoms with Gasteiger partial charge in [-0.05, 0) is 6.08 Å². The Morgan fingerprint density at radius 2 is 1.62 bits per heavy atom. The third-order valence-corrected chi connectivity index (χ3v) is 9.22. The molecule has 0 radical (unpaired) electrons. The highest BCUT2D eigenvalue weighted by molar-refractivity contribution is 8.14. The van der Waals surface area contributed by atoms with Crippen LogP contribution in [0.5, 0.6) is 0 Å². The van der Waals surface area contributed by atoms with Gasteiger partial charge < -0.3 is 14.8 Å². The second kappa shape index (κ2) is 13.3. The van der Waals surface area contributed by atoms with Gasteiger partial charge in [-0.3, -0.25) is 32.5 Å². The van der Waals surface area contributed by atoms with E-state index in [-0.39, 0.29) is 58.5 Å². The summed E-state index contributed by atoms with van der Waals surface area (Å²) < 4.78 is 37.0. The molecular formula is C24H35N4O9PS2. The number of carbonyl (C=O) groups is 2. The zero-order chi connectivity index (χ0) is 29.7. The van der Waals surface area contributed by atoms with Crippen LogP contribution in [0.2, 0.25) is 0 Å². The first-order chi connectivity index (χ1) is 18.6.